The predicted octanol–water partition coefficient (Wildman–Crippen LogP) is 4.63. The topological polar surface area (TPSA) is 108 Å². The van der Waals surface area contributed by atoms with Crippen LogP contribution in [0.5, 0.6) is 0 Å². The summed E-state index contributed by atoms with van der Waals surface area (Å²) in [5, 5.41) is 15.3. The number of thiophene rings is 1. The highest BCUT2D eigenvalue weighted by Gasteiger charge is 2.18. The number of anilines is 2. The van der Waals surface area contributed by atoms with Crippen molar-refractivity contribution in [1.29, 1.82) is 5.26 Å². The van der Waals surface area contributed by atoms with Crippen molar-refractivity contribution in [3.05, 3.63) is 58.7 Å². The molecule has 4 heterocycles. The van der Waals surface area contributed by atoms with Gasteiger partial charge in [-0.25, -0.2) is 4.98 Å². The molecule has 0 bridgehead atoms. The molecule has 0 spiro atoms. The average Bonchev–Trinajstić information content (AvgIpc) is 3.43. The molecule has 5 rings (SSSR count). The van der Waals surface area contributed by atoms with E-state index in [2.05, 4.69) is 40.4 Å². The fourth-order valence-electron chi connectivity index (χ4n) is 4.12. The van der Waals surface area contributed by atoms with E-state index in [0.717, 1.165) is 49.4 Å². The van der Waals surface area contributed by atoms with Gasteiger partial charge in [-0.05, 0) is 59.8 Å². The van der Waals surface area contributed by atoms with E-state index in [-0.39, 0.29) is 5.88 Å². The second-order valence-electron chi connectivity index (χ2n) is 7.78. The van der Waals surface area contributed by atoms with E-state index >= 15 is 0 Å². The minimum Gasteiger partial charge on any atom is -0.771 e. The van der Waals surface area contributed by atoms with Crippen LogP contribution in [0.3, 0.4) is 0 Å². The number of aryl methyl sites for hydroxylation is 1. The molecule has 1 aromatic carbocycles. The molecule has 1 unspecified atom stereocenters. The van der Waals surface area contributed by atoms with Crippen LogP contribution in [0, 0.1) is 18.3 Å². The molecule has 9 heteroatoms. The number of pyridine rings is 1. The Morgan fingerprint density at radius 2 is 2.25 bits per heavy atom. The molecule has 4 aromatic rings. The molecule has 1 atom stereocenters. The number of fused-ring (bicyclic) bond motifs is 2. The van der Waals surface area contributed by atoms with Gasteiger partial charge in [-0.1, -0.05) is 6.08 Å². The lowest BCUT2D eigenvalue weighted by Crippen LogP contribution is -2.31. The van der Waals surface area contributed by atoms with E-state index in [9.17, 15) is 14.0 Å². The Hall–Kier alpha value is -3.03. The number of nitrogens with zero attached hydrogens (tertiary/aromatic N) is 3. The predicted molar refractivity (Wildman–Crippen MR) is 129 cm³/mol. The summed E-state index contributed by atoms with van der Waals surface area (Å²) in [4.78, 5) is 11.6. The number of H-pyrrole nitrogens is 1. The molecule has 3 aromatic heterocycles. The first-order valence-corrected chi connectivity index (χ1v) is 12.2. The Balaban J connectivity index is 1.52. The molecule has 32 heavy (non-hydrogen) atoms. The van der Waals surface area contributed by atoms with E-state index in [4.69, 9.17) is 0 Å². The number of benzene rings is 1. The Morgan fingerprint density at radius 1 is 1.38 bits per heavy atom. The van der Waals surface area contributed by atoms with Gasteiger partial charge in [0.1, 0.15) is 10.9 Å². The van der Waals surface area contributed by atoms with Crippen molar-refractivity contribution in [3.63, 3.8) is 0 Å². The first-order chi connectivity index (χ1) is 15.5. The number of hydrogen-bond donors (Lipinski definition) is 2. The van der Waals surface area contributed by atoms with E-state index in [1.807, 2.05) is 29.3 Å². The third kappa shape index (κ3) is 3.82. The molecular formula is C23H20N5O2S2-. The Labute approximate surface area is 191 Å². The van der Waals surface area contributed by atoms with Crippen LogP contribution in [0.2, 0.25) is 0 Å². The van der Waals surface area contributed by atoms with Crippen LogP contribution >= 0.6 is 11.3 Å². The zero-order valence-corrected chi connectivity index (χ0v) is 19.0. The molecule has 162 valence electrons. The molecule has 7 nitrogen and oxygen atoms in total. The third-order valence-corrected chi connectivity index (χ3v) is 7.54. The average molecular weight is 463 g/mol. The van der Waals surface area contributed by atoms with E-state index in [0.29, 0.717) is 18.7 Å². The number of nitrogens with one attached hydrogen (secondary N) is 2. The Bertz CT molecular complexity index is 1430. The van der Waals surface area contributed by atoms with E-state index < -0.39 is 11.1 Å². The maximum Gasteiger partial charge on any atom is 0.125 e. The minimum atomic E-state index is -2.07. The lowest BCUT2D eigenvalue weighted by Gasteiger charge is -2.26. The second kappa shape index (κ2) is 8.48. The van der Waals surface area contributed by atoms with Gasteiger partial charge in [0.25, 0.3) is 0 Å². The van der Waals surface area contributed by atoms with Gasteiger partial charge in [0, 0.05) is 52.3 Å². The van der Waals surface area contributed by atoms with Crippen LogP contribution in [-0.2, 0) is 11.1 Å². The highest BCUT2D eigenvalue weighted by molar-refractivity contribution is 7.79. The largest absolute Gasteiger partial charge is 0.771 e. The Kier molecular flexibility index (Phi) is 5.53. The molecule has 0 saturated heterocycles. The first kappa shape index (κ1) is 20.8. The summed E-state index contributed by atoms with van der Waals surface area (Å²) >= 11 is -0.471. The minimum absolute atomic E-state index is 0.0577. The fourth-order valence-corrected chi connectivity index (χ4v) is 5.73. The van der Waals surface area contributed by atoms with Crippen LogP contribution in [-0.4, -0.2) is 42.6 Å². The normalized spacial score (nSPS) is 15.6. The van der Waals surface area contributed by atoms with Crippen molar-refractivity contribution >= 4 is 60.5 Å². The molecular weight excluding hydrogens is 442 g/mol. The third-order valence-electron chi connectivity index (χ3n) is 5.84. The molecule has 0 saturated carbocycles. The van der Waals surface area contributed by atoms with Crippen molar-refractivity contribution in [2.75, 3.05) is 24.3 Å². The van der Waals surface area contributed by atoms with Gasteiger partial charge in [0.15, 0.2) is 0 Å². The smallest absolute Gasteiger partial charge is 0.125 e. The quantitative estimate of drug-likeness (QED) is 0.419. The molecule has 0 aliphatic carbocycles. The summed E-state index contributed by atoms with van der Waals surface area (Å²) in [7, 11) is 0. The highest BCUT2D eigenvalue weighted by atomic mass is 32.2. The van der Waals surface area contributed by atoms with Gasteiger partial charge in [0.05, 0.1) is 17.1 Å². The van der Waals surface area contributed by atoms with Crippen molar-refractivity contribution in [2.45, 2.75) is 13.3 Å². The first-order valence-electron chi connectivity index (χ1n) is 10.2. The summed E-state index contributed by atoms with van der Waals surface area (Å²) in [5.74, 6) is 0.0577. The van der Waals surface area contributed by atoms with Crippen molar-refractivity contribution < 1.29 is 8.76 Å². The number of aromatic amines is 1. The Morgan fingerprint density at radius 3 is 3.00 bits per heavy atom. The fraction of sp³-hybridized carbons (Fsp3) is 0.217. The summed E-state index contributed by atoms with van der Waals surface area (Å²) in [6.45, 7) is 3.37. The maximum absolute atomic E-state index is 11.0. The van der Waals surface area contributed by atoms with Gasteiger partial charge >= 0.3 is 0 Å². The number of rotatable bonds is 5. The lowest BCUT2D eigenvalue weighted by atomic mass is 10.1. The SMILES string of the molecule is Cc1c(Nc2c(C#N)cnc3sc(C4=CCN(CS(=O)[O-])CC4)cc23)ccc2[nH]ccc12. The monoisotopic (exact) mass is 462 g/mol. The van der Waals surface area contributed by atoms with Crippen molar-refractivity contribution in [1.82, 2.24) is 14.9 Å². The molecule has 2 N–H and O–H groups in total. The highest BCUT2D eigenvalue weighted by Crippen LogP contribution is 2.39. The van der Waals surface area contributed by atoms with Crippen LogP contribution in [0.1, 0.15) is 22.4 Å². The van der Waals surface area contributed by atoms with Gasteiger partial charge in [-0.2, -0.15) is 5.26 Å². The van der Waals surface area contributed by atoms with Gasteiger partial charge in [-0.3, -0.25) is 9.11 Å². The van der Waals surface area contributed by atoms with Gasteiger partial charge in [0.2, 0.25) is 0 Å². The summed E-state index contributed by atoms with van der Waals surface area (Å²) in [5.41, 5.74) is 5.58. The van der Waals surface area contributed by atoms with E-state index in [1.165, 1.54) is 5.57 Å². The van der Waals surface area contributed by atoms with Crippen molar-refractivity contribution in [2.24, 2.45) is 0 Å². The zero-order chi connectivity index (χ0) is 22.2. The summed E-state index contributed by atoms with van der Waals surface area (Å²) < 4.78 is 21.9. The maximum atomic E-state index is 11.0. The number of nitriles is 1. The summed E-state index contributed by atoms with van der Waals surface area (Å²) in [6, 6.07) is 10.5. The number of hydrogen-bond acceptors (Lipinski definition) is 7. The van der Waals surface area contributed by atoms with Crippen LogP contribution in [0.4, 0.5) is 11.4 Å². The lowest BCUT2D eigenvalue weighted by molar-refractivity contribution is 0.341. The molecule has 1 aliphatic heterocycles. The van der Waals surface area contributed by atoms with Gasteiger partial charge in [-0.15, -0.1) is 11.3 Å². The molecule has 1 aliphatic rings. The zero-order valence-electron chi connectivity index (χ0n) is 17.3. The van der Waals surface area contributed by atoms with Crippen LogP contribution in [0.15, 0.2) is 42.7 Å². The number of aromatic nitrogens is 2. The van der Waals surface area contributed by atoms with Crippen molar-refractivity contribution in [3.8, 4) is 6.07 Å². The second-order valence-corrected chi connectivity index (χ2v) is 9.68. The van der Waals surface area contributed by atoms with E-state index in [1.54, 1.807) is 17.5 Å². The van der Waals surface area contributed by atoms with Crippen LogP contribution in [0.25, 0.3) is 26.7 Å². The summed E-state index contributed by atoms with van der Waals surface area (Å²) in [6.07, 6.45) is 6.41. The standard InChI is InChI=1S/C23H21N5O2S2/c1-14-17-4-7-25-20(17)3-2-19(14)27-22-16(11-24)12-26-23-18(22)10-21(31-23)15-5-8-28(9-6-15)13-32(29)30/h2-5,7,10,12,25H,6,8-9,13H2,1H3,(H,26,27)(H,29,30)/p-1. The molecule has 0 radical (unpaired) electrons. The molecule has 0 amide bonds. The van der Waals surface area contributed by atoms with Gasteiger partial charge < -0.3 is 14.9 Å². The van der Waals surface area contributed by atoms with Crippen LogP contribution < -0.4 is 5.32 Å². The molecule has 0 fully saturated rings.